The third kappa shape index (κ3) is 3.22. The first-order valence-corrected chi connectivity index (χ1v) is 10.1. The van der Waals surface area contributed by atoms with Crippen LogP contribution in [0.1, 0.15) is 35.4 Å². The molecule has 7 nitrogen and oxygen atoms in total. The Bertz CT molecular complexity index is 1060. The molecule has 154 valence electrons. The zero-order valence-corrected chi connectivity index (χ0v) is 16.7. The van der Waals surface area contributed by atoms with Crippen LogP contribution in [0.25, 0.3) is 5.69 Å². The van der Waals surface area contributed by atoms with Gasteiger partial charge in [-0.2, -0.15) is 10.2 Å². The molecule has 30 heavy (non-hydrogen) atoms. The molecule has 3 fully saturated rings. The van der Waals surface area contributed by atoms with Crippen molar-refractivity contribution >= 4 is 5.91 Å². The van der Waals surface area contributed by atoms with Crippen molar-refractivity contribution in [1.82, 2.24) is 24.9 Å². The Morgan fingerprint density at radius 3 is 2.63 bits per heavy atom. The van der Waals surface area contributed by atoms with Gasteiger partial charge in [-0.15, -0.1) is 4.80 Å². The highest BCUT2D eigenvalue weighted by molar-refractivity contribution is 5.96. The monoisotopic (exact) mass is 407 g/mol. The smallest absolute Gasteiger partial charge is 0.275 e. The number of pyridine rings is 1. The van der Waals surface area contributed by atoms with Crippen molar-refractivity contribution in [2.24, 2.45) is 5.92 Å². The lowest BCUT2D eigenvalue weighted by molar-refractivity contribution is -0.0798. The van der Waals surface area contributed by atoms with Gasteiger partial charge in [0.2, 0.25) is 0 Å². The third-order valence-corrected chi connectivity index (χ3v) is 6.09. The third-order valence-electron chi connectivity index (χ3n) is 6.09. The van der Waals surface area contributed by atoms with Crippen molar-refractivity contribution < 1.29 is 13.9 Å². The van der Waals surface area contributed by atoms with E-state index in [0.717, 1.165) is 25.0 Å². The van der Waals surface area contributed by atoms with Crippen LogP contribution in [0.3, 0.4) is 0 Å². The van der Waals surface area contributed by atoms with E-state index < -0.39 is 0 Å². The molecular formula is C22H22FN5O2. The summed E-state index contributed by atoms with van der Waals surface area (Å²) >= 11 is 0. The topological polar surface area (TPSA) is 73.1 Å². The number of rotatable bonds is 5. The number of fused-ring (bicyclic) bond motifs is 2. The largest absolute Gasteiger partial charge is 0.491 e. The van der Waals surface area contributed by atoms with Crippen molar-refractivity contribution in [1.29, 1.82) is 0 Å². The standard InChI is InChI=1S/C22H22FN5O2/c1-15-2-7-19(28-24-9-10-25-28)20(26-15)21(29)27-11-8-16-12-22(27,13-16)14-30-18-5-3-17(23)4-6-18/h2-7,9-10,16H,8,11-14H2,1H3. The summed E-state index contributed by atoms with van der Waals surface area (Å²) in [5.74, 6) is 0.779. The average Bonchev–Trinajstić information content (AvgIpc) is 3.27. The van der Waals surface area contributed by atoms with Gasteiger partial charge in [-0.05, 0) is 68.5 Å². The van der Waals surface area contributed by atoms with Gasteiger partial charge in [0.05, 0.1) is 17.9 Å². The zero-order valence-electron chi connectivity index (χ0n) is 16.7. The predicted molar refractivity (Wildman–Crippen MR) is 107 cm³/mol. The maximum atomic E-state index is 13.7. The molecule has 2 aliphatic heterocycles. The first-order valence-electron chi connectivity index (χ1n) is 10.1. The van der Waals surface area contributed by atoms with Crippen LogP contribution in [-0.2, 0) is 0 Å². The van der Waals surface area contributed by atoms with E-state index in [4.69, 9.17) is 4.74 Å². The van der Waals surface area contributed by atoms with E-state index in [0.29, 0.717) is 36.2 Å². The Hall–Kier alpha value is -3.29. The van der Waals surface area contributed by atoms with E-state index in [1.807, 2.05) is 24.0 Å². The summed E-state index contributed by atoms with van der Waals surface area (Å²) in [5.41, 5.74) is 1.30. The number of halogens is 1. The number of carbonyl (C=O) groups is 1. The van der Waals surface area contributed by atoms with Crippen LogP contribution in [0.5, 0.6) is 5.75 Å². The Morgan fingerprint density at radius 2 is 1.90 bits per heavy atom. The Kier molecular flexibility index (Phi) is 4.49. The summed E-state index contributed by atoms with van der Waals surface area (Å²) in [6, 6.07) is 9.64. The predicted octanol–water partition coefficient (Wildman–Crippen LogP) is 3.18. The van der Waals surface area contributed by atoms with Crippen LogP contribution in [-0.4, -0.2) is 49.5 Å². The normalized spacial score (nSPS) is 22.5. The average molecular weight is 407 g/mol. The first kappa shape index (κ1) is 18.7. The van der Waals surface area contributed by atoms with Gasteiger partial charge in [-0.3, -0.25) is 4.79 Å². The SMILES string of the molecule is Cc1ccc(-n2nccn2)c(C(=O)N2CCC3CC2(COc2ccc(F)cc2)C3)n1. The second-order valence-corrected chi connectivity index (χ2v) is 8.13. The molecule has 3 aromatic rings. The van der Waals surface area contributed by atoms with Gasteiger partial charge in [0.1, 0.15) is 23.9 Å². The molecular weight excluding hydrogens is 385 g/mol. The summed E-state index contributed by atoms with van der Waals surface area (Å²) in [7, 11) is 0. The molecule has 2 aromatic heterocycles. The molecule has 4 heterocycles. The Balaban J connectivity index is 1.43. The molecule has 8 heteroatoms. The number of aromatic nitrogens is 4. The molecule has 0 N–H and O–H groups in total. The lowest BCUT2D eigenvalue weighted by Gasteiger charge is -2.58. The van der Waals surface area contributed by atoms with Crippen molar-refractivity contribution in [3.8, 4) is 11.4 Å². The maximum Gasteiger partial charge on any atom is 0.275 e. The highest BCUT2D eigenvalue weighted by Crippen LogP contribution is 2.49. The van der Waals surface area contributed by atoms with E-state index >= 15 is 0 Å². The van der Waals surface area contributed by atoms with Gasteiger partial charge >= 0.3 is 0 Å². The van der Waals surface area contributed by atoms with Gasteiger partial charge in [0, 0.05) is 12.2 Å². The van der Waals surface area contributed by atoms with Crippen LogP contribution in [0.15, 0.2) is 48.8 Å². The molecule has 2 saturated heterocycles. The number of aryl methyl sites for hydroxylation is 1. The second kappa shape index (κ2) is 7.19. The molecule has 1 saturated carbocycles. The summed E-state index contributed by atoms with van der Waals surface area (Å²) in [6.45, 7) is 2.90. The van der Waals surface area contributed by atoms with Crippen molar-refractivity contribution in [2.45, 2.75) is 31.7 Å². The van der Waals surface area contributed by atoms with E-state index in [2.05, 4.69) is 15.2 Å². The summed E-state index contributed by atoms with van der Waals surface area (Å²) < 4.78 is 19.2. The minimum absolute atomic E-state index is 0.133. The highest BCUT2D eigenvalue weighted by Gasteiger charge is 2.55. The van der Waals surface area contributed by atoms with E-state index in [-0.39, 0.29) is 17.3 Å². The second-order valence-electron chi connectivity index (χ2n) is 8.13. The fraction of sp³-hybridized carbons (Fsp3) is 0.364. The van der Waals surface area contributed by atoms with Gasteiger partial charge < -0.3 is 9.64 Å². The minimum atomic E-state index is -0.366. The molecule has 0 spiro atoms. The fourth-order valence-corrected chi connectivity index (χ4v) is 4.59. The van der Waals surface area contributed by atoms with Gasteiger partial charge in [0.15, 0.2) is 5.69 Å². The Labute approximate surface area is 173 Å². The molecule has 1 aliphatic carbocycles. The molecule has 0 radical (unpaired) electrons. The molecule has 0 unspecified atom stereocenters. The molecule has 0 atom stereocenters. The number of hydrogen-bond acceptors (Lipinski definition) is 5. The van der Waals surface area contributed by atoms with Crippen molar-refractivity contribution in [3.63, 3.8) is 0 Å². The number of nitrogens with zero attached hydrogens (tertiary/aromatic N) is 5. The molecule has 6 rings (SSSR count). The van der Waals surface area contributed by atoms with Crippen LogP contribution in [0, 0.1) is 18.7 Å². The maximum absolute atomic E-state index is 13.7. The quantitative estimate of drug-likeness (QED) is 0.650. The van der Waals surface area contributed by atoms with E-state index in [1.54, 1.807) is 24.5 Å². The van der Waals surface area contributed by atoms with Gasteiger partial charge in [-0.25, -0.2) is 9.37 Å². The Morgan fingerprint density at radius 1 is 1.17 bits per heavy atom. The number of amides is 1. The molecule has 1 aromatic carbocycles. The van der Waals surface area contributed by atoms with E-state index in [9.17, 15) is 9.18 Å². The van der Waals surface area contributed by atoms with Crippen LogP contribution in [0.4, 0.5) is 4.39 Å². The molecule has 1 amide bonds. The highest BCUT2D eigenvalue weighted by atomic mass is 19.1. The van der Waals surface area contributed by atoms with Crippen LogP contribution < -0.4 is 4.74 Å². The summed E-state index contributed by atoms with van der Waals surface area (Å²) in [5, 5.41) is 8.35. The van der Waals surface area contributed by atoms with Gasteiger partial charge in [-0.1, -0.05) is 0 Å². The number of hydrogen-bond donors (Lipinski definition) is 0. The first-order chi connectivity index (χ1) is 14.5. The van der Waals surface area contributed by atoms with Crippen LogP contribution in [0.2, 0.25) is 0 Å². The van der Waals surface area contributed by atoms with Crippen molar-refractivity contribution in [2.75, 3.05) is 13.2 Å². The van der Waals surface area contributed by atoms with E-state index in [1.165, 1.54) is 16.9 Å². The lowest BCUT2D eigenvalue weighted by atomic mass is 9.63. The van der Waals surface area contributed by atoms with Crippen molar-refractivity contribution in [3.05, 3.63) is 66.0 Å². The number of ether oxygens (including phenoxy) is 1. The fourth-order valence-electron chi connectivity index (χ4n) is 4.59. The minimum Gasteiger partial charge on any atom is -0.491 e. The molecule has 3 aliphatic rings. The number of carbonyl (C=O) groups excluding carboxylic acids is 1. The van der Waals surface area contributed by atoms with Crippen LogP contribution >= 0.6 is 0 Å². The molecule has 2 bridgehead atoms. The number of benzene rings is 1. The number of piperidine rings is 2. The summed E-state index contributed by atoms with van der Waals surface area (Å²) in [6.07, 6.45) is 5.93. The zero-order chi connectivity index (χ0) is 20.7. The lowest BCUT2D eigenvalue weighted by Crippen LogP contribution is -2.67. The van der Waals surface area contributed by atoms with Gasteiger partial charge in [0.25, 0.3) is 5.91 Å². The summed E-state index contributed by atoms with van der Waals surface area (Å²) in [4.78, 5) is 21.5.